The van der Waals surface area contributed by atoms with Crippen LogP contribution in [0, 0.1) is 11.8 Å². The van der Waals surface area contributed by atoms with Crippen molar-refractivity contribution in [2.45, 2.75) is 52.0 Å². The van der Waals surface area contributed by atoms with E-state index >= 15 is 0 Å². The highest BCUT2D eigenvalue weighted by Gasteiger charge is 2.23. The highest BCUT2D eigenvalue weighted by atomic mass is 14.9. The first-order valence-electron chi connectivity index (χ1n) is 7.59. The van der Waals surface area contributed by atoms with E-state index in [1.165, 1.54) is 37.7 Å². The number of rotatable bonds is 6. The van der Waals surface area contributed by atoms with Crippen molar-refractivity contribution in [3.05, 3.63) is 35.9 Å². The van der Waals surface area contributed by atoms with Gasteiger partial charge in [0.05, 0.1) is 0 Å². The van der Waals surface area contributed by atoms with Gasteiger partial charge in [-0.15, -0.1) is 0 Å². The Bertz CT molecular complexity index is 327. The lowest BCUT2D eigenvalue weighted by Crippen LogP contribution is -2.27. The van der Waals surface area contributed by atoms with Gasteiger partial charge in [-0.25, -0.2) is 0 Å². The monoisotopic (exact) mass is 245 g/mol. The number of nitrogens with one attached hydrogen (secondary N) is 1. The summed E-state index contributed by atoms with van der Waals surface area (Å²) in [5, 5.41) is 3.67. The Labute approximate surface area is 112 Å². The van der Waals surface area contributed by atoms with Crippen molar-refractivity contribution in [1.29, 1.82) is 0 Å². The first-order valence-corrected chi connectivity index (χ1v) is 7.59. The highest BCUT2D eigenvalue weighted by molar-refractivity contribution is 5.19. The van der Waals surface area contributed by atoms with Gasteiger partial charge in [0.1, 0.15) is 0 Å². The van der Waals surface area contributed by atoms with Gasteiger partial charge in [-0.3, -0.25) is 0 Å². The van der Waals surface area contributed by atoms with Gasteiger partial charge < -0.3 is 5.32 Å². The van der Waals surface area contributed by atoms with Crippen molar-refractivity contribution in [2.75, 3.05) is 6.54 Å². The minimum absolute atomic E-state index is 0.525. The zero-order valence-corrected chi connectivity index (χ0v) is 11.9. The molecule has 1 heteroatoms. The number of hydrogen-bond acceptors (Lipinski definition) is 1. The summed E-state index contributed by atoms with van der Waals surface area (Å²) in [7, 11) is 0. The van der Waals surface area contributed by atoms with Crippen molar-refractivity contribution < 1.29 is 0 Å². The van der Waals surface area contributed by atoms with Crippen molar-refractivity contribution >= 4 is 0 Å². The summed E-state index contributed by atoms with van der Waals surface area (Å²) in [6.07, 6.45) is 7.20. The van der Waals surface area contributed by atoms with E-state index in [9.17, 15) is 0 Å². The molecule has 1 saturated carbocycles. The second-order valence-electron chi connectivity index (χ2n) is 5.81. The maximum absolute atomic E-state index is 3.67. The first kappa shape index (κ1) is 13.6. The second-order valence-corrected chi connectivity index (χ2v) is 5.81. The van der Waals surface area contributed by atoms with Crippen LogP contribution in [-0.2, 0) is 0 Å². The zero-order chi connectivity index (χ0) is 12.8. The van der Waals surface area contributed by atoms with E-state index in [2.05, 4.69) is 49.5 Å². The Kier molecular flexibility index (Phi) is 5.25. The molecule has 1 aliphatic carbocycles. The van der Waals surface area contributed by atoms with E-state index < -0.39 is 0 Å². The Morgan fingerprint density at radius 2 is 1.83 bits per heavy atom. The number of hydrogen-bond donors (Lipinski definition) is 1. The van der Waals surface area contributed by atoms with Crippen molar-refractivity contribution in [1.82, 2.24) is 5.32 Å². The molecule has 18 heavy (non-hydrogen) atoms. The zero-order valence-electron chi connectivity index (χ0n) is 11.9. The molecule has 1 nitrogen and oxygen atoms in total. The Morgan fingerprint density at radius 3 is 2.44 bits per heavy atom. The molecule has 0 saturated heterocycles. The molecule has 2 rings (SSSR count). The molecule has 2 unspecified atom stereocenters. The molecular formula is C17H27N. The summed E-state index contributed by atoms with van der Waals surface area (Å²) in [6.45, 7) is 5.67. The highest BCUT2D eigenvalue weighted by Crippen LogP contribution is 2.34. The summed E-state index contributed by atoms with van der Waals surface area (Å²) in [6, 6.07) is 11.5. The van der Waals surface area contributed by atoms with Crippen LogP contribution in [-0.4, -0.2) is 6.54 Å². The molecule has 2 atom stereocenters. The lowest BCUT2D eigenvalue weighted by Gasteiger charge is -2.27. The molecular weight excluding hydrogens is 218 g/mol. The van der Waals surface area contributed by atoms with Crippen LogP contribution in [0.25, 0.3) is 0 Å². The Hall–Kier alpha value is -0.820. The summed E-state index contributed by atoms with van der Waals surface area (Å²) < 4.78 is 0. The summed E-state index contributed by atoms with van der Waals surface area (Å²) in [5.74, 6) is 1.71. The predicted octanol–water partition coefficient (Wildman–Crippen LogP) is 4.55. The molecule has 1 fully saturated rings. The van der Waals surface area contributed by atoms with E-state index in [4.69, 9.17) is 0 Å². The summed E-state index contributed by atoms with van der Waals surface area (Å²) in [4.78, 5) is 0. The van der Waals surface area contributed by atoms with Gasteiger partial charge in [0.2, 0.25) is 0 Å². The molecule has 100 valence electrons. The lowest BCUT2D eigenvalue weighted by atomic mass is 9.86. The van der Waals surface area contributed by atoms with Crippen LogP contribution in [0.15, 0.2) is 30.3 Å². The molecule has 1 aromatic rings. The van der Waals surface area contributed by atoms with E-state index in [1.54, 1.807) is 0 Å². The molecule has 0 aliphatic heterocycles. The third kappa shape index (κ3) is 3.58. The summed E-state index contributed by atoms with van der Waals surface area (Å²) in [5.41, 5.74) is 1.45. The maximum atomic E-state index is 3.67. The molecule has 0 amide bonds. The van der Waals surface area contributed by atoms with E-state index in [-0.39, 0.29) is 0 Å². The SMILES string of the molecule is CCNC(c1ccccc1)C(C)CC1CCCC1. The van der Waals surface area contributed by atoms with Crippen LogP contribution < -0.4 is 5.32 Å². The van der Waals surface area contributed by atoms with Gasteiger partial charge in [0.15, 0.2) is 0 Å². The fourth-order valence-electron chi connectivity index (χ4n) is 3.44. The fraction of sp³-hybridized carbons (Fsp3) is 0.647. The van der Waals surface area contributed by atoms with Gasteiger partial charge in [-0.1, -0.05) is 69.9 Å². The van der Waals surface area contributed by atoms with Crippen molar-refractivity contribution in [3.63, 3.8) is 0 Å². The fourth-order valence-corrected chi connectivity index (χ4v) is 3.44. The average Bonchev–Trinajstić information content (AvgIpc) is 2.89. The molecule has 1 aromatic carbocycles. The van der Waals surface area contributed by atoms with Crippen molar-refractivity contribution in [2.24, 2.45) is 11.8 Å². The first-order chi connectivity index (χ1) is 8.81. The van der Waals surface area contributed by atoms with E-state index in [0.717, 1.165) is 18.4 Å². The third-order valence-electron chi connectivity index (χ3n) is 4.33. The minimum Gasteiger partial charge on any atom is -0.310 e. The van der Waals surface area contributed by atoms with E-state index in [0.29, 0.717) is 6.04 Å². The van der Waals surface area contributed by atoms with Crippen LogP contribution in [0.3, 0.4) is 0 Å². The van der Waals surface area contributed by atoms with Crippen LogP contribution in [0.2, 0.25) is 0 Å². The second kappa shape index (κ2) is 6.94. The van der Waals surface area contributed by atoms with Crippen LogP contribution in [0.4, 0.5) is 0 Å². The third-order valence-corrected chi connectivity index (χ3v) is 4.33. The smallest absolute Gasteiger partial charge is 0.0346 e. The lowest BCUT2D eigenvalue weighted by molar-refractivity contribution is 0.314. The van der Waals surface area contributed by atoms with Gasteiger partial charge in [-0.2, -0.15) is 0 Å². The van der Waals surface area contributed by atoms with Crippen LogP contribution in [0.1, 0.15) is 57.6 Å². The summed E-state index contributed by atoms with van der Waals surface area (Å²) >= 11 is 0. The molecule has 0 spiro atoms. The molecule has 1 aliphatic rings. The molecule has 0 bridgehead atoms. The van der Waals surface area contributed by atoms with Gasteiger partial charge in [-0.05, 0) is 30.4 Å². The molecule has 0 radical (unpaired) electrons. The molecule has 0 aromatic heterocycles. The quantitative estimate of drug-likeness (QED) is 0.775. The van der Waals surface area contributed by atoms with E-state index in [1.807, 2.05) is 0 Å². The standard InChI is InChI=1S/C17H27N/c1-3-18-17(16-11-5-4-6-12-16)14(2)13-15-9-7-8-10-15/h4-6,11-12,14-15,17-18H,3,7-10,13H2,1-2H3. The normalized spacial score (nSPS) is 19.9. The number of benzene rings is 1. The van der Waals surface area contributed by atoms with Gasteiger partial charge in [0, 0.05) is 6.04 Å². The largest absolute Gasteiger partial charge is 0.310 e. The maximum Gasteiger partial charge on any atom is 0.0346 e. The van der Waals surface area contributed by atoms with Gasteiger partial charge >= 0.3 is 0 Å². The minimum atomic E-state index is 0.525. The van der Waals surface area contributed by atoms with Crippen LogP contribution >= 0.6 is 0 Å². The predicted molar refractivity (Wildman–Crippen MR) is 78.6 cm³/mol. The molecule has 1 N–H and O–H groups in total. The Morgan fingerprint density at radius 1 is 1.17 bits per heavy atom. The topological polar surface area (TPSA) is 12.0 Å². The van der Waals surface area contributed by atoms with Gasteiger partial charge in [0.25, 0.3) is 0 Å². The van der Waals surface area contributed by atoms with Crippen LogP contribution in [0.5, 0.6) is 0 Å². The van der Waals surface area contributed by atoms with Crippen molar-refractivity contribution in [3.8, 4) is 0 Å². The average molecular weight is 245 g/mol. The molecule has 0 heterocycles. The Balaban J connectivity index is 1.99.